The lowest BCUT2D eigenvalue weighted by molar-refractivity contribution is -0.00566. The minimum atomic E-state index is 0.181. The second-order valence-corrected chi connectivity index (χ2v) is 4.68. The SMILES string of the molecule is Cc1nn(C)c(N2C[C@@H](C)O[C@@H](C)C2)c1C#N. The Balaban J connectivity index is 2.37. The van der Waals surface area contributed by atoms with E-state index in [0.29, 0.717) is 5.56 Å². The second kappa shape index (κ2) is 4.38. The highest BCUT2D eigenvalue weighted by molar-refractivity contribution is 5.57. The Labute approximate surface area is 102 Å². The van der Waals surface area contributed by atoms with Gasteiger partial charge in [0.25, 0.3) is 0 Å². The molecular formula is C12H18N4O. The Hall–Kier alpha value is -1.54. The van der Waals surface area contributed by atoms with E-state index >= 15 is 0 Å². The van der Waals surface area contributed by atoms with Gasteiger partial charge in [0.1, 0.15) is 17.5 Å². The number of hydrogen-bond donors (Lipinski definition) is 0. The molecule has 0 aliphatic carbocycles. The first-order valence-corrected chi connectivity index (χ1v) is 5.87. The number of nitriles is 1. The quantitative estimate of drug-likeness (QED) is 0.733. The first-order chi connectivity index (χ1) is 8.02. The monoisotopic (exact) mass is 234 g/mol. The van der Waals surface area contributed by atoms with Crippen LogP contribution in [0.4, 0.5) is 5.82 Å². The number of rotatable bonds is 1. The molecule has 5 heteroatoms. The molecule has 0 amide bonds. The molecule has 0 radical (unpaired) electrons. The van der Waals surface area contributed by atoms with Crippen molar-refractivity contribution in [1.82, 2.24) is 9.78 Å². The molecule has 92 valence electrons. The molecule has 2 rings (SSSR count). The van der Waals surface area contributed by atoms with Gasteiger partial charge < -0.3 is 9.64 Å². The lowest BCUT2D eigenvalue weighted by Crippen LogP contribution is -2.46. The molecule has 2 atom stereocenters. The molecule has 1 aliphatic rings. The Morgan fingerprint density at radius 2 is 1.94 bits per heavy atom. The fourth-order valence-corrected chi connectivity index (χ4v) is 2.49. The summed E-state index contributed by atoms with van der Waals surface area (Å²) in [5.41, 5.74) is 1.46. The molecule has 1 aromatic heterocycles. The first-order valence-electron chi connectivity index (χ1n) is 5.87. The van der Waals surface area contributed by atoms with Crippen LogP contribution in [-0.2, 0) is 11.8 Å². The van der Waals surface area contributed by atoms with Crippen molar-refractivity contribution in [3.8, 4) is 6.07 Å². The standard InChI is InChI=1S/C12H18N4O/c1-8-6-16(7-9(2)17-8)12-11(5-13)10(3)14-15(12)4/h8-9H,6-7H2,1-4H3/t8-,9+. The minimum Gasteiger partial charge on any atom is -0.372 e. The molecule has 0 bridgehead atoms. The zero-order valence-corrected chi connectivity index (χ0v) is 10.8. The summed E-state index contributed by atoms with van der Waals surface area (Å²) in [5, 5.41) is 13.5. The number of aryl methyl sites for hydroxylation is 2. The van der Waals surface area contributed by atoms with Crippen molar-refractivity contribution in [3.05, 3.63) is 11.3 Å². The summed E-state index contributed by atoms with van der Waals surface area (Å²) >= 11 is 0. The van der Waals surface area contributed by atoms with E-state index in [9.17, 15) is 5.26 Å². The summed E-state index contributed by atoms with van der Waals surface area (Å²) in [7, 11) is 1.88. The van der Waals surface area contributed by atoms with Gasteiger partial charge in [-0.1, -0.05) is 0 Å². The summed E-state index contributed by atoms with van der Waals surface area (Å²) < 4.78 is 7.49. The maximum absolute atomic E-state index is 9.21. The van der Waals surface area contributed by atoms with Crippen molar-refractivity contribution in [3.63, 3.8) is 0 Å². The average molecular weight is 234 g/mol. The Bertz CT molecular complexity index is 450. The number of morpholine rings is 1. The van der Waals surface area contributed by atoms with Crippen LogP contribution >= 0.6 is 0 Å². The van der Waals surface area contributed by atoms with Crippen LogP contribution < -0.4 is 4.90 Å². The van der Waals surface area contributed by atoms with Crippen molar-refractivity contribution < 1.29 is 4.74 Å². The van der Waals surface area contributed by atoms with E-state index in [0.717, 1.165) is 24.6 Å². The highest BCUT2D eigenvalue weighted by atomic mass is 16.5. The number of ether oxygens (including phenoxy) is 1. The average Bonchev–Trinajstić information content (AvgIpc) is 2.51. The van der Waals surface area contributed by atoms with E-state index in [-0.39, 0.29) is 12.2 Å². The van der Waals surface area contributed by atoms with Crippen LogP contribution in [-0.4, -0.2) is 35.1 Å². The van der Waals surface area contributed by atoms with Gasteiger partial charge in [0.05, 0.1) is 17.9 Å². The van der Waals surface area contributed by atoms with Gasteiger partial charge in [-0.2, -0.15) is 10.4 Å². The maximum Gasteiger partial charge on any atom is 0.145 e. The van der Waals surface area contributed by atoms with Crippen molar-refractivity contribution in [2.75, 3.05) is 18.0 Å². The van der Waals surface area contributed by atoms with Gasteiger partial charge in [-0.15, -0.1) is 0 Å². The topological polar surface area (TPSA) is 54.1 Å². The number of nitrogens with zero attached hydrogens (tertiary/aromatic N) is 4. The lowest BCUT2D eigenvalue weighted by atomic mass is 10.2. The van der Waals surface area contributed by atoms with E-state index < -0.39 is 0 Å². The van der Waals surface area contributed by atoms with Crippen LogP contribution in [0.25, 0.3) is 0 Å². The molecule has 5 nitrogen and oxygen atoms in total. The summed E-state index contributed by atoms with van der Waals surface area (Å²) in [6.07, 6.45) is 0.362. The van der Waals surface area contributed by atoms with Crippen molar-refractivity contribution in [1.29, 1.82) is 5.26 Å². The van der Waals surface area contributed by atoms with Gasteiger partial charge >= 0.3 is 0 Å². The molecule has 1 aliphatic heterocycles. The van der Waals surface area contributed by atoms with Crippen LogP contribution in [0.3, 0.4) is 0 Å². The van der Waals surface area contributed by atoms with Gasteiger partial charge in [-0.05, 0) is 20.8 Å². The molecular weight excluding hydrogens is 216 g/mol. The second-order valence-electron chi connectivity index (χ2n) is 4.68. The van der Waals surface area contributed by atoms with E-state index in [1.54, 1.807) is 4.68 Å². The van der Waals surface area contributed by atoms with Crippen molar-refractivity contribution >= 4 is 5.82 Å². The minimum absolute atomic E-state index is 0.181. The zero-order chi connectivity index (χ0) is 12.6. The third-order valence-electron chi connectivity index (χ3n) is 3.02. The van der Waals surface area contributed by atoms with E-state index in [4.69, 9.17) is 4.74 Å². The van der Waals surface area contributed by atoms with Gasteiger partial charge in [0, 0.05) is 20.1 Å². The summed E-state index contributed by atoms with van der Waals surface area (Å²) in [6, 6.07) is 2.25. The smallest absolute Gasteiger partial charge is 0.145 e. The number of aromatic nitrogens is 2. The lowest BCUT2D eigenvalue weighted by Gasteiger charge is -2.36. The zero-order valence-electron chi connectivity index (χ0n) is 10.8. The van der Waals surface area contributed by atoms with Crippen LogP contribution in [0, 0.1) is 18.3 Å². The highest BCUT2D eigenvalue weighted by Crippen LogP contribution is 2.25. The van der Waals surface area contributed by atoms with Crippen LogP contribution in [0.2, 0.25) is 0 Å². The summed E-state index contributed by atoms with van der Waals surface area (Å²) in [5.74, 6) is 0.909. The normalized spacial score (nSPS) is 24.8. The molecule has 0 unspecified atom stereocenters. The van der Waals surface area contributed by atoms with Gasteiger partial charge in [0.2, 0.25) is 0 Å². The molecule has 0 N–H and O–H groups in total. The highest BCUT2D eigenvalue weighted by Gasteiger charge is 2.27. The third-order valence-corrected chi connectivity index (χ3v) is 3.02. The van der Waals surface area contributed by atoms with Crippen LogP contribution in [0.15, 0.2) is 0 Å². The largest absolute Gasteiger partial charge is 0.372 e. The Kier molecular flexibility index (Phi) is 3.07. The Morgan fingerprint density at radius 1 is 1.35 bits per heavy atom. The Morgan fingerprint density at radius 3 is 2.47 bits per heavy atom. The van der Waals surface area contributed by atoms with E-state index in [1.807, 2.05) is 14.0 Å². The van der Waals surface area contributed by atoms with Crippen molar-refractivity contribution in [2.45, 2.75) is 33.0 Å². The van der Waals surface area contributed by atoms with Gasteiger partial charge in [0.15, 0.2) is 0 Å². The predicted molar refractivity (Wildman–Crippen MR) is 64.9 cm³/mol. The van der Waals surface area contributed by atoms with E-state index in [2.05, 4.69) is 29.9 Å². The molecule has 0 spiro atoms. The van der Waals surface area contributed by atoms with Crippen LogP contribution in [0.1, 0.15) is 25.1 Å². The van der Waals surface area contributed by atoms with E-state index in [1.165, 1.54) is 0 Å². The number of hydrogen-bond acceptors (Lipinski definition) is 4. The summed E-state index contributed by atoms with van der Waals surface area (Å²) in [4.78, 5) is 2.19. The fraction of sp³-hybridized carbons (Fsp3) is 0.667. The number of anilines is 1. The predicted octanol–water partition coefficient (Wildman–Crippen LogP) is 1.21. The molecule has 2 heterocycles. The molecule has 0 aromatic carbocycles. The third kappa shape index (κ3) is 2.13. The molecule has 1 fully saturated rings. The molecule has 17 heavy (non-hydrogen) atoms. The van der Waals surface area contributed by atoms with Gasteiger partial charge in [-0.3, -0.25) is 4.68 Å². The van der Waals surface area contributed by atoms with Gasteiger partial charge in [-0.25, -0.2) is 0 Å². The summed E-state index contributed by atoms with van der Waals surface area (Å²) in [6.45, 7) is 7.58. The molecule has 1 saturated heterocycles. The maximum atomic E-state index is 9.21. The van der Waals surface area contributed by atoms with Crippen molar-refractivity contribution in [2.24, 2.45) is 7.05 Å². The fourth-order valence-electron chi connectivity index (χ4n) is 2.49. The molecule has 1 aromatic rings. The molecule has 0 saturated carbocycles. The van der Waals surface area contributed by atoms with Crippen LogP contribution in [0.5, 0.6) is 0 Å². The first kappa shape index (κ1) is 11.9.